The van der Waals surface area contributed by atoms with Crippen molar-refractivity contribution in [1.29, 1.82) is 0 Å². The molecule has 1 saturated heterocycles. The first-order valence-corrected chi connectivity index (χ1v) is 14.5. The highest BCUT2D eigenvalue weighted by atomic mass is 31.2. The van der Waals surface area contributed by atoms with Crippen LogP contribution in [0, 0.1) is 0 Å². The van der Waals surface area contributed by atoms with E-state index in [1.54, 1.807) is 0 Å². The Labute approximate surface area is 238 Å². The van der Waals surface area contributed by atoms with Crippen molar-refractivity contribution in [2.75, 3.05) is 20.0 Å². The Kier molecular flexibility index (Phi) is 9.61. The van der Waals surface area contributed by atoms with Crippen molar-refractivity contribution in [1.82, 2.24) is 14.6 Å². The predicted molar refractivity (Wildman–Crippen MR) is 144 cm³/mol. The molecule has 0 aliphatic carbocycles. The number of benzene rings is 1. The van der Waals surface area contributed by atoms with Gasteiger partial charge < -0.3 is 28.6 Å². The molecule has 3 heterocycles. The molecule has 0 amide bonds. The molecule has 1 aromatic carbocycles. The van der Waals surface area contributed by atoms with Gasteiger partial charge in [0.15, 0.2) is 17.7 Å². The lowest BCUT2D eigenvalue weighted by Crippen LogP contribution is -2.45. The molecule has 1 aromatic heterocycles. The van der Waals surface area contributed by atoms with Crippen LogP contribution in [0.2, 0.25) is 0 Å². The zero-order valence-electron chi connectivity index (χ0n) is 23.0. The van der Waals surface area contributed by atoms with Crippen LogP contribution >= 0.6 is 7.75 Å². The summed E-state index contributed by atoms with van der Waals surface area (Å²) in [6.07, 6.45) is -1.71. The van der Waals surface area contributed by atoms with Crippen molar-refractivity contribution in [2.45, 2.75) is 63.6 Å². The molecule has 42 heavy (non-hydrogen) atoms. The van der Waals surface area contributed by atoms with Crippen LogP contribution in [0.3, 0.4) is 0 Å². The molecule has 0 bridgehead atoms. The first-order chi connectivity index (χ1) is 20.0. The van der Waals surface area contributed by atoms with Gasteiger partial charge in [0.05, 0.1) is 19.3 Å². The third kappa shape index (κ3) is 6.78. The predicted octanol–water partition coefficient (Wildman–Crippen LogP) is 2.12. The second-order valence-corrected chi connectivity index (χ2v) is 11.4. The lowest BCUT2D eigenvalue weighted by Gasteiger charge is -2.28. The quantitative estimate of drug-likeness (QED) is 0.0740. The molecule has 0 saturated carbocycles. The Bertz CT molecular complexity index is 1510. The summed E-state index contributed by atoms with van der Waals surface area (Å²) in [5, 5.41) is 17.3. The van der Waals surface area contributed by atoms with Gasteiger partial charge in [-0.2, -0.15) is 5.09 Å². The van der Waals surface area contributed by atoms with E-state index in [4.69, 9.17) is 28.0 Å². The van der Waals surface area contributed by atoms with E-state index in [0.29, 0.717) is 17.9 Å². The molecule has 0 radical (unpaired) electrons. The second kappa shape index (κ2) is 13.0. The van der Waals surface area contributed by atoms with Gasteiger partial charge in [-0.1, -0.05) is 18.5 Å². The normalized spacial score (nSPS) is 24.8. The molecule has 0 spiro atoms. The highest BCUT2D eigenvalue weighted by Crippen LogP contribution is 2.49. The fourth-order valence-corrected chi connectivity index (χ4v) is 5.75. The monoisotopic (exact) mass is 610 g/mol. The molecule has 2 aromatic rings. The summed E-state index contributed by atoms with van der Waals surface area (Å²) in [5.74, 6) is 0.125. The number of aliphatic hydroxyl groups excluding tert-OH is 1. The number of esters is 1. The van der Waals surface area contributed by atoms with Crippen molar-refractivity contribution in [3.8, 4) is 17.2 Å². The van der Waals surface area contributed by atoms with Crippen LogP contribution in [0.25, 0.3) is 10.4 Å². The van der Waals surface area contributed by atoms with E-state index in [-0.39, 0.29) is 19.1 Å². The second-order valence-electron chi connectivity index (χ2n) is 9.68. The van der Waals surface area contributed by atoms with Gasteiger partial charge in [0.25, 0.3) is 5.56 Å². The van der Waals surface area contributed by atoms with Crippen LogP contribution < -0.4 is 30.3 Å². The number of aliphatic hydroxyl groups is 1. The first kappa shape index (κ1) is 31.1. The summed E-state index contributed by atoms with van der Waals surface area (Å²) in [6, 6.07) is 4.31. The van der Waals surface area contributed by atoms with Crippen molar-refractivity contribution >= 4 is 13.7 Å². The maximum absolute atomic E-state index is 14.0. The Morgan fingerprint density at radius 1 is 1.36 bits per heavy atom. The Morgan fingerprint density at radius 2 is 2.12 bits per heavy atom. The van der Waals surface area contributed by atoms with E-state index in [9.17, 15) is 29.6 Å². The van der Waals surface area contributed by atoms with Gasteiger partial charge in [0.1, 0.15) is 23.4 Å². The number of hydrogen-bond donors (Lipinski definition) is 3. The minimum absolute atomic E-state index is 0.00770. The van der Waals surface area contributed by atoms with E-state index in [2.05, 4.69) is 20.1 Å². The van der Waals surface area contributed by atoms with E-state index in [1.807, 2.05) is 6.92 Å². The number of H-pyrrole nitrogens is 1. The number of aromatic nitrogens is 2. The summed E-state index contributed by atoms with van der Waals surface area (Å²) in [5.41, 5.74) is 5.87. The number of ether oxygens (including phenoxy) is 4. The molecule has 2 aliphatic rings. The van der Waals surface area contributed by atoms with Crippen molar-refractivity contribution in [3.63, 3.8) is 0 Å². The molecule has 18 heteroatoms. The number of unbranched alkanes of at least 4 members (excludes halogenated alkanes) is 1. The van der Waals surface area contributed by atoms with Crippen LogP contribution in [-0.2, 0) is 23.4 Å². The first-order valence-electron chi connectivity index (χ1n) is 13.0. The molecule has 17 nitrogen and oxygen atoms in total. The lowest BCUT2D eigenvalue weighted by molar-refractivity contribution is -0.145. The Morgan fingerprint density at radius 3 is 2.83 bits per heavy atom. The van der Waals surface area contributed by atoms with Gasteiger partial charge >= 0.3 is 19.4 Å². The standard InChI is InChI=1S/C24H31N6O11P/c1-4-5-10-36-21(33)14(2)27-42(35,41-15-6-7-16-17(11-15)38-13-37-16)39-12-18-20(32)24(3,28-29-25)22(40-18)30-9-8-19(31)26-23(30)34/h6-9,11,14,18,20,22,32H,4-5,10,12-13H2,1-3H3,(H,27,35)(H,26,31,34)/t14-,18+,20+,22+,24+,42?/m0/s1. The van der Waals surface area contributed by atoms with Crippen LogP contribution in [0.15, 0.2) is 45.2 Å². The zero-order chi connectivity index (χ0) is 30.5. The molecular formula is C24H31N6O11P. The van der Waals surface area contributed by atoms with Crippen molar-refractivity contribution in [3.05, 3.63) is 61.7 Å². The molecule has 2 aliphatic heterocycles. The summed E-state index contributed by atoms with van der Waals surface area (Å²) >= 11 is 0. The third-order valence-corrected chi connectivity index (χ3v) is 8.19. The maximum atomic E-state index is 14.0. The lowest BCUT2D eigenvalue weighted by atomic mass is 9.93. The molecular weight excluding hydrogens is 579 g/mol. The molecule has 1 unspecified atom stereocenters. The molecule has 3 N–H and O–H groups in total. The minimum Gasteiger partial charge on any atom is -0.465 e. The van der Waals surface area contributed by atoms with Crippen LogP contribution in [0.1, 0.15) is 39.8 Å². The third-order valence-electron chi connectivity index (χ3n) is 6.54. The fourth-order valence-electron chi connectivity index (χ4n) is 4.26. The summed E-state index contributed by atoms with van der Waals surface area (Å²) < 4.78 is 47.9. The van der Waals surface area contributed by atoms with Crippen molar-refractivity contribution < 1.29 is 42.5 Å². The van der Waals surface area contributed by atoms with E-state index in [1.165, 1.54) is 32.0 Å². The smallest absolute Gasteiger partial charge is 0.459 e. The molecule has 228 valence electrons. The fraction of sp³-hybridized carbons (Fsp3) is 0.542. The number of fused-ring (bicyclic) bond motifs is 1. The topological polar surface area (TPSA) is 225 Å². The van der Waals surface area contributed by atoms with Crippen molar-refractivity contribution in [2.24, 2.45) is 5.11 Å². The van der Waals surface area contributed by atoms with E-state index >= 15 is 0 Å². The van der Waals surface area contributed by atoms with Gasteiger partial charge in [0.2, 0.25) is 6.79 Å². The van der Waals surface area contributed by atoms with Crippen LogP contribution in [0.4, 0.5) is 0 Å². The average molecular weight is 611 g/mol. The number of carbonyl (C=O) groups is 1. The Balaban J connectivity index is 1.57. The largest absolute Gasteiger partial charge is 0.465 e. The highest BCUT2D eigenvalue weighted by molar-refractivity contribution is 7.52. The van der Waals surface area contributed by atoms with Gasteiger partial charge in [-0.15, -0.1) is 0 Å². The maximum Gasteiger partial charge on any atom is 0.459 e. The molecule has 4 rings (SSSR count). The number of nitrogens with zero attached hydrogens (tertiary/aromatic N) is 4. The number of hydrogen-bond acceptors (Lipinski definition) is 12. The number of nitrogens with one attached hydrogen (secondary N) is 2. The van der Waals surface area contributed by atoms with Gasteiger partial charge in [-0.3, -0.25) is 23.7 Å². The number of azide groups is 1. The van der Waals surface area contributed by atoms with E-state index in [0.717, 1.165) is 23.3 Å². The summed E-state index contributed by atoms with van der Waals surface area (Å²) in [6.45, 7) is 4.23. The summed E-state index contributed by atoms with van der Waals surface area (Å²) in [4.78, 5) is 41.3. The number of aromatic amines is 1. The number of carbonyl (C=O) groups excluding carboxylic acids is 1. The minimum atomic E-state index is -4.42. The zero-order valence-corrected chi connectivity index (χ0v) is 23.9. The number of rotatable bonds is 13. The summed E-state index contributed by atoms with van der Waals surface area (Å²) in [7, 11) is -4.42. The SMILES string of the molecule is CCCCOC(=O)[C@H](C)NP(=O)(OC[C@H]1O[C@@H](n2ccc(=O)[nH]c2=O)[C@](C)(N=[N+]=[N-])[C@@H]1O)Oc1ccc2c(c1)OCO2. The van der Waals surface area contributed by atoms with Gasteiger partial charge in [0, 0.05) is 23.2 Å². The highest BCUT2D eigenvalue weighted by Gasteiger charge is 2.55. The Hall–Kier alpha value is -3.85. The van der Waals surface area contributed by atoms with Crippen LogP contribution in [-0.4, -0.2) is 64.4 Å². The molecule has 6 atom stereocenters. The van der Waals surface area contributed by atoms with Crippen LogP contribution in [0.5, 0.6) is 17.2 Å². The van der Waals surface area contributed by atoms with Gasteiger partial charge in [-0.05, 0) is 37.9 Å². The van der Waals surface area contributed by atoms with Gasteiger partial charge in [-0.25, -0.2) is 9.36 Å². The van der Waals surface area contributed by atoms with E-state index < -0.39 is 61.6 Å². The molecule has 1 fully saturated rings. The average Bonchev–Trinajstić information content (AvgIpc) is 3.50.